The molecule has 1 aliphatic heterocycles. The molecule has 1 fully saturated rings. The first kappa shape index (κ1) is 13.8. The number of hydrogen-bond acceptors (Lipinski definition) is 1. The van der Waals surface area contributed by atoms with Crippen molar-refractivity contribution in [3.05, 3.63) is 0 Å². The summed E-state index contributed by atoms with van der Waals surface area (Å²) in [7, 11) is 0. The third kappa shape index (κ3) is 3.97. The molecule has 0 radical (unpaired) electrons. The number of amides is 1. The lowest BCUT2D eigenvalue weighted by Gasteiger charge is -2.20. The molecule has 2 nitrogen and oxygen atoms in total. The molecule has 94 valence electrons. The Morgan fingerprint density at radius 3 is 2.56 bits per heavy atom. The second-order valence-electron chi connectivity index (χ2n) is 5.42. The Kier molecular flexibility index (Phi) is 5.60. The van der Waals surface area contributed by atoms with E-state index in [9.17, 15) is 4.79 Å². The first-order valence-electron chi connectivity index (χ1n) is 6.38. The van der Waals surface area contributed by atoms with Gasteiger partial charge in [-0.2, -0.15) is 0 Å². The van der Waals surface area contributed by atoms with Gasteiger partial charge in [-0.1, -0.05) is 20.8 Å². The lowest BCUT2D eigenvalue weighted by Crippen LogP contribution is -2.28. The lowest BCUT2D eigenvalue weighted by atomic mass is 9.95. The van der Waals surface area contributed by atoms with E-state index < -0.39 is 0 Å². The maximum absolute atomic E-state index is 11.8. The van der Waals surface area contributed by atoms with Gasteiger partial charge in [0.15, 0.2) is 0 Å². The number of alkyl halides is 1. The first-order valence-corrected chi connectivity index (χ1v) is 6.91. The summed E-state index contributed by atoms with van der Waals surface area (Å²) in [6.45, 7) is 8.50. The zero-order valence-corrected chi connectivity index (χ0v) is 11.5. The molecule has 0 bridgehead atoms. The quantitative estimate of drug-likeness (QED) is 0.659. The first-order chi connectivity index (χ1) is 7.54. The number of rotatable bonds is 6. The van der Waals surface area contributed by atoms with E-state index in [4.69, 9.17) is 11.6 Å². The van der Waals surface area contributed by atoms with E-state index in [0.29, 0.717) is 23.7 Å². The van der Waals surface area contributed by atoms with E-state index >= 15 is 0 Å². The van der Waals surface area contributed by atoms with Gasteiger partial charge in [0, 0.05) is 25.4 Å². The topological polar surface area (TPSA) is 20.3 Å². The van der Waals surface area contributed by atoms with Gasteiger partial charge >= 0.3 is 0 Å². The number of nitrogens with zero attached hydrogens (tertiary/aromatic N) is 1. The summed E-state index contributed by atoms with van der Waals surface area (Å²) in [6.07, 6.45) is 2.89. The highest BCUT2D eigenvalue weighted by atomic mass is 35.5. The van der Waals surface area contributed by atoms with Crippen LogP contribution in [-0.4, -0.2) is 29.8 Å². The van der Waals surface area contributed by atoms with Crippen LogP contribution in [-0.2, 0) is 4.79 Å². The number of carbonyl (C=O) groups excluding carboxylic acids is 1. The van der Waals surface area contributed by atoms with E-state index in [0.717, 1.165) is 38.2 Å². The van der Waals surface area contributed by atoms with Crippen molar-refractivity contribution in [1.29, 1.82) is 0 Å². The second-order valence-corrected chi connectivity index (χ2v) is 5.80. The molecule has 1 amide bonds. The smallest absolute Gasteiger partial charge is 0.222 e. The summed E-state index contributed by atoms with van der Waals surface area (Å²) < 4.78 is 0. The summed E-state index contributed by atoms with van der Waals surface area (Å²) >= 11 is 5.70. The molecular formula is C13H24ClNO. The molecule has 0 aliphatic carbocycles. The van der Waals surface area contributed by atoms with E-state index in [1.54, 1.807) is 0 Å². The van der Waals surface area contributed by atoms with Crippen molar-refractivity contribution >= 4 is 17.5 Å². The SMILES string of the molecule is CC(CCCl)CCN1CC(C(C)C)CC1=O. The maximum Gasteiger partial charge on any atom is 0.222 e. The van der Waals surface area contributed by atoms with E-state index in [1.165, 1.54) is 0 Å². The molecule has 1 aliphatic rings. The molecule has 1 heterocycles. The minimum absolute atomic E-state index is 0.344. The highest BCUT2D eigenvalue weighted by Gasteiger charge is 2.30. The normalized spacial score (nSPS) is 23.2. The Balaban J connectivity index is 2.30. The molecule has 1 rings (SSSR count). The number of carbonyl (C=O) groups is 1. The van der Waals surface area contributed by atoms with Crippen LogP contribution < -0.4 is 0 Å². The largest absolute Gasteiger partial charge is 0.342 e. The van der Waals surface area contributed by atoms with Gasteiger partial charge in [-0.05, 0) is 30.6 Å². The lowest BCUT2D eigenvalue weighted by molar-refractivity contribution is -0.127. The summed E-state index contributed by atoms with van der Waals surface area (Å²) in [5, 5.41) is 0. The summed E-state index contributed by atoms with van der Waals surface area (Å²) in [4.78, 5) is 13.8. The maximum atomic E-state index is 11.8. The summed E-state index contributed by atoms with van der Waals surface area (Å²) in [5.41, 5.74) is 0. The Bertz CT molecular complexity index is 230. The van der Waals surface area contributed by atoms with Crippen LogP contribution in [0.1, 0.15) is 40.0 Å². The molecule has 0 aromatic carbocycles. The monoisotopic (exact) mass is 245 g/mol. The zero-order valence-electron chi connectivity index (χ0n) is 10.7. The summed E-state index contributed by atoms with van der Waals surface area (Å²) in [5.74, 6) is 2.88. The van der Waals surface area contributed by atoms with Gasteiger partial charge in [-0.3, -0.25) is 4.79 Å². The molecule has 1 saturated heterocycles. The molecule has 0 N–H and O–H groups in total. The fourth-order valence-corrected chi connectivity index (χ4v) is 2.54. The van der Waals surface area contributed by atoms with Crippen LogP contribution in [0.4, 0.5) is 0 Å². The van der Waals surface area contributed by atoms with Crippen molar-refractivity contribution in [2.45, 2.75) is 40.0 Å². The van der Waals surface area contributed by atoms with Crippen LogP contribution in [0.25, 0.3) is 0 Å². The Hall–Kier alpha value is -0.240. The molecule has 16 heavy (non-hydrogen) atoms. The Morgan fingerprint density at radius 2 is 2.06 bits per heavy atom. The minimum atomic E-state index is 0.344. The van der Waals surface area contributed by atoms with Crippen LogP contribution in [0.3, 0.4) is 0 Å². The van der Waals surface area contributed by atoms with Gasteiger partial charge < -0.3 is 4.90 Å². The Morgan fingerprint density at radius 1 is 1.38 bits per heavy atom. The highest BCUT2D eigenvalue weighted by molar-refractivity contribution is 6.17. The number of halogens is 1. The minimum Gasteiger partial charge on any atom is -0.342 e. The van der Waals surface area contributed by atoms with E-state index in [1.807, 2.05) is 4.90 Å². The fraction of sp³-hybridized carbons (Fsp3) is 0.923. The predicted molar refractivity (Wildman–Crippen MR) is 68.6 cm³/mol. The predicted octanol–water partition coefficient (Wildman–Crippen LogP) is 3.15. The average Bonchev–Trinajstić information content (AvgIpc) is 2.58. The Labute approximate surface area is 104 Å². The van der Waals surface area contributed by atoms with Crippen molar-refractivity contribution in [2.75, 3.05) is 19.0 Å². The van der Waals surface area contributed by atoms with Crippen LogP contribution in [0.5, 0.6) is 0 Å². The number of likely N-dealkylation sites (tertiary alicyclic amines) is 1. The van der Waals surface area contributed by atoms with Crippen molar-refractivity contribution in [1.82, 2.24) is 4.90 Å². The van der Waals surface area contributed by atoms with Gasteiger partial charge in [-0.15, -0.1) is 11.6 Å². The van der Waals surface area contributed by atoms with E-state index in [-0.39, 0.29) is 0 Å². The number of hydrogen-bond donors (Lipinski definition) is 0. The zero-order chi connectivity index (χ0) is 12.1. The third-order valence-electron chi connectivity index (χ3n) is 3.68. The van der Waals surface area contributed by atoms with Gasteiger partial charge in [0.1, 0.15) is 0 Å². The van der Waals surface area contributed by atoms with Crippen molar-refractivity contribution in [3.63, 3.8) is 0 Å². The van der Waals surface area contributed by atoms with Gasteiger partial charge in [0.25, 0.3) is 0 Å². The fourth-order valence-electron chi connectivity index (χ4n) is 2.17. The molecule has 0 aromatic rings. The van der Waals surface area contributed by atoms with Crippen LogP contribution in [0, 0.1) is 17.8 Å². The highest BCUT2D eigenvalue weighted by Crippen LogP contribution is 2.25. The molecule has 0 aromatic heterocycles. The molecule has 2 atom stereocenters. The molecule has 0 saturated carbocycles. The standard InChI is InChI=1S/C13H24ClNO/c1-10(2)12-8-13(16)15(9-12)7-5-11(3)4-6-14/h10-12H,4-9H2,1-3H3. The molecule has 0 spiro atoms. The van der Waals surface area contributed by atoms with Gasteiger partial charge in [-0.25, -0.2) is 0 Å². The van der Waals surface area contributed by atoms with Crippen molar-refractivity contribution < 1.29 is 4.79 Å². The van der Waals surface area contributed by atoms with Crippen molar-refractivity contribution in [2.24, 2.45) is 17.8 Å². The second kappa shape index (κ2) is 6.48. The van der Waals surface area contributed by atoms with Crippen LogP contribution >= 0.6 is 11.6 Å². The molecule has 2 unspecified atom stereocenters. The van der Waals surface area contributed by atoms with Crippen LogP contribution in [0.15, 0.2) is 0 Å². The molecule has 3 heteroatoms. The van der Waals surface area contributed by atoms with Crippen LogP contribution in [0.2, 0.25) is 0 Å². The summed E-state index contributed by atoms with van der Waals surface area (Å²) in [6, 6.07) is 0. The van der Waals surface area contributed by atoms with Crippen molar-refractivity contribution in [3.8, 4) is 0 Å². The van der Waals surface area contributed by atoms with Gasteiger partial charge in [0.05, 0.1) is 0 Å². The van der Waals surface area contributed by atoms with Gasteiger partial charge in [0.2, 0.25) is 5.91 Å². The molecular weight excluding hydrogens is 222 g/mol. The average molecular weight is 246 g/mol. The van der Waals surface area contributed by atoms with E-state index in [2.05, 4.69) is 20.8 Å². The third-order valence-corrected chi connectivity index (χ3v) is 3.90.